The lowest BCUT2D eigenvalue weighted by Crippen LogP contribution is -2.46. The van der Waals surface area contributed by atoms with Gasteiger partial charge >= 0.3 is 6.09 Å². The lowest BCUT2D eigenvalue weighted by atomic mass is 10.0. The molecule has 0 bridgehead atoms. The lowest BCUT2D eigenvalue weighted by molar-refractivity contribution is 0.0693. The molecule has 1 aliphatic heterocycles. The van der Waals surface area contributed by atoms with Crippen molar-refractivity contribution in [1.29, 1.82) is 0 Å². The van der Waals surface area contributed by atoms with Gasteiger partial charge in [-0.3, -0.25) is 4.79 Å². The molecule has 26 heavy (non-hydrogen) atoms. The van der Waals surface area contributed by atoms with Crippen LogP contribution < -0.4 is 14.8 Å². The third-order valence-electron chi connectivity index (χ3n) is 4.29. The van der Waals surface area contributed by atoms with E-state index in [1.807, 2.05) is 13.8 Å². The van der Waals surface area contributed by atoms with Crippen molar-refractivity contribution in [2.45, 2.75) is 32.7 Å². The molecular formula is C19H28N2O5. The van der Waals surface area contributed by atoms with Crippen molar-refractivity contribution in [2.75, 3.05) is 33.9 Å². The molecule has 1 heterocycles. The lowest BCUT2D eigenvalue weighted by Gasteiger charge is -2.32. The van der Waals surface area contributed by atoms with Crippen LogP contribution in [-0.4, -0.2) is 56.9 Å². The number of methoxy groups -OCH3 is 2. The summed E-state index contributed by atoms with van der Waals surface area (Å²) >= 11 is 0. The SMILES string of the molecule is COc1cccc(OC)c1C(=O)N1CCC(NC(=O)OCC(C)C)CC1. The van der Waals surface area contributed by atoms with Gasteiger partial charge in [0.1, 0.15) is 17.1 Å². The zero-order valence-electron chi connectivity index (χ0n) is 15.9. The van der Waals surface area contributed by atoms with Gasteiger partial charge in [0.2, 0.25) is 0 Å². The second kappa shape index (κ2) is 9.31. The van der Waals surface area contributed by atoms with E-state index in [9.17, 15) is 9.59 Å². The van der Waals surface area contributed by atoms with Gasteiger partial charge in [0, 0.05) is 19.1 Å². The molecular weight excluding hydrogens is 336 g/mol. The number of ether oxygens (including phenoxy) is 3. The third kappa shape index (κ3) is 5.03. The number of nitrogens with one attached hydrogen (secondary N) is 1. The van der Waals surface area contributed by atoms with Gasteiger partial charge in [-0.25, -0.2) is 4.79 Å². The van der Waals surface area contributed by atoms with Crippen LogP contribution in [0.2, 0.25) is 0 Å². The normalized spacial score (nSPS) is 14.9. The smallest absolute Gasteiger partial charge is 0.407 e. The van der Waals surface area contributed by atoms with Gasteiger partial charge < -0.3 is 24.4 Å². The van der Waals surface area contributed by atoms with Crippen LogP contribution in [0.3, 0.4) is 0 Å². The number of likely N-dealkylation sites (tertiary alicyclic amines) is 1. The van der Waals surface area contributed by atoms with E-state index in [1.54, 1.807) is 23.1 Å². The molecule has 2 amide bonds. The van der Waals surface area contributed by atoms with Gasteiger partial charge in [0.25, 0.3) is 5.91 Å². The van der Waals surface area contributed by atoms with E-state index in [1.165, 1.54) is 14.2 Å². The highest BCUT2D eigenvalue weighted by atomic mass is 16.5. The Hall–Kier alpha value is -2.44. The van der Waals surface area contributed by atoms with Gasteiger partial charge in [-0.15, -0.1) is 0 Å². The number of alkyl carbamates (subject to hydrolysis) is 1. The maximum absolute atomic E-state index is 12.9. The maximum Gasteiger partial charge on any atom is 0.407 e. The molecule has 1 aromatic carbocycles. The number of hydrogen-bond acceptors (Lipinski definition) is 5. The Bertz CT molecular complexity index is 602. The maximum atomic E-state index is 12.9. The minimum absolute atomic E-state index is 0.0123. The summed E-state index contributed by atoms with van der Waals surface area (Å²) in [6.07, 6.45) is 0.967. The predicted molar refractivity (Wildman–Crippen MR) is 97.8 cm³/mol. The van der Waals surface area contributed by atoms with E-state index in [0.717, 1.165) is 0 Å². The average molecular weight is 364 g/mol. The largest absolute Gasteiger partial charge is 0.496 e. The Labute approximate surface area is 154 Å². The number of benzene rings is 1. The number of rotatable bonds is 6. The topological polar surface area (TPSA) is 77.1 Å². The van der Waals surface area contributed by atoms with Crippen LogP contribution in [0.15, 0.2) is 18.2 Å². The van der Waals surface area contributed by atoms with Crippen molar-refractivity contribution < 1.29 is 23.8 Å². The van der Waals surface area contributed by atoms with E-state index < -0.39 is 6.09 Å². The molecule has 1 aromatic rings. The van der Waals surface area contributed by atoms with Crippen LogP contribution in [0.1, 0.15) is 37.0 Å². The average Bonchev–Trinajstić information content (AvgIpc) is 2.65. The number of carbonyl (C=O) groups is 2. The first-order chi connectivity index (χ1) is 12.5. The van der Waals surface area contributed by atoms with E-state index in [0.29, 0.717) is 55.5 Å². The summed E-state index contributed by atoms with van der Waals surface area (Å²) in [5.74, 6) is 1.16. The molecule has 0 radical (unpaired) electrons. The first-order valence-corrected chi connectivity index (χ1v) is 8.89. The fourth-order valence-electron chi connectivity index (χ4n) is 2.90. The van der Waals surface area contributed by atoms with Crippen molar-refractivity contribution in [3.63, 3.8) is 0 Å². The minimum Gasteiger partial charge on any atom is -0.496 e. The van der Waals surface area contributed by atoms with Crippen LogP contribution >= 0.6 is 0 Å². The first-order valence-electron chi connectivity index (χ1n) is 8.89. The van der Waals surface area contributed by atoms with E-state index in [4.69, 9.17) is 14.2 Å². The fraction of sp³-hybridized carbons (Fsp3) is 0.579. The number of hydrogen-bond donors (Lipinski definition) is 1. The summed E-state index contributed by atoms with van der Waals surface area (Å²) in [6.45, 7) is 5.48. The van der Waals surface area contributed by atoms with Crippen LogP contribution in [0, 0.1) is 5.92 Å². The van der Waals surface area contributed by atoms with Crippen molar-refractivity contribution in [3.05, 3.63) is 23.8 Å². The van der Waals surface area contributed by atoms with Crippen molar-refractivity contribution >= 4 is 12.0 Å². The molecule has 0 atom stereocenters. The molecule has 1 N–H and O–H groups in total. The Morgan fingerprint density at radius 2 is 1.73 bits per heavy atom. The minimum atomic E-state index is -0.394. The molecule has 1 fully saturated rings. The summed E-state index contributed by atoms with van der Waals surface area (Å²) in [7, 11) is 3.06. The van der Waals surface area contributed by atoms with Gasteiger partial charge in [-0.05, 0) is 30.9 Å². The van der Waals surface area contributed by atoms with Gasteiger partial charge in [-0.1, -0.05) is 19.9 Å². The molecule has 0 saturated carbocycles. The molecule has 2 rings (SSSR count). The van der Waals surface area contributed by atoms with Crippen LogP contribution in [0.25, 0.3) is 0 Å². The highest BCUT2D eigenvalue weighted by molar-refractivity contribution is 5.99. The second-order valence-corrected chi connectivity index (χ2v) is 6.74. The summed E-state index contributed by atoms with van der Waals surface area (Å²) in [4.78, 5) is 26.5. The van der Waals surface area contributed by atoms with E-state index >= 15 is 0 Å². The summed E-state index contributed by atoms with van der Waals surface area (Å²) in [5, 5.41) is 2.87. The Kier molecular flexibility index (Phi) is 7.12. The highest BCUT2D eigenvalue weighted by Gasteiger charge is 2.28. The van der Waals surface area contributed by atoms with Crippen LogP contribution in [-0.2, 0) is 4.74 Å². The van der Waals surface area contributed by atoms with Gasteiger partial charge in [0.05, 0.1) is 20.8 Å². The zero-order valence-corrected chi connectivity index (χ0v) is 15.9. The highest BCUT2D eigenvalue weighted by Crippen LogP contribution is 2.30. The summed E-state index contributed by atoms with van der Waals surface area (Å²) < 4.78 is 15.8. The molecule has 7 heteroatoms. The monoisotopic (exact) mass is 364 g/mol. The predicted octanol–water partition coefficient (Wildman–Crippen LogP) is 2.69. The quantitative estimate of drug-likeness (QED) is 0.840. The molecule has 0 aliphatic carbocycles. The molecule has 1 aliphatic rings. The number of amides is 2. The van der Waals surface area contributed by atoms with E-state index in [-0.39, 0.29) is 11.9 Å². The molecule has 0 spiro atoms. The Morgan fingerprint density at radius 3 is 2.23 bits per heavy atom. The van der Waals surface area contributed by atoms with Gasteiger partial charge in [0.15, 0.2) is 0 Å². The second-order valence-electron chi connectivity index (χ2n) is 6.74. The molecule has 0 aromatic heterocycles. The van der Waals surface area contributed by atoms with Gasteiger partial charge in [-0.2, -0.15) is 0 Å². The van der Waals surface area contributed by atoms with Crippen molar-refractivity contribution in [1.82, 2.24) is 10.2 Å². The number of nitrogens with zero attached hydrogens (tertiary/aromatic N) is 1. The molecule has 0 unspecified atom stereocenters. The van der Waals surface area contributed by atoms with Crippen molar-refractivity contribution in [3.8, 4) is 11.5 Å². The number of carbonyl (C=O) groups excluding carboxylic acids is 2. The third-order valence-corrected chi connectivity index (χ3v) is 4.29. The number of piperidine rings is 1. The van der Waals surface area contributed by atoms with Crippen LogP contribution in [0.5, 0.6) is 11.5 Å². The van der Waals surface area contributed by atoms with Crippen LogP contribution in [0.4, 0.5) is 4.79 Å². The molecule has 7 nitrogen and oxygen atoms in total. The fourth-order valence-corrected chi connectivity index (χ4v) is 2.90. The van der Waals surface area contributed by atoms with Crippen molar-refractivity contribution in [2.24, 2.45) is 5.92 Å². The van der Waals surface area contributed by atoms with E-state index in [2.05, 4.69) is 5.32 Å². The Balaban J connectivity index is 1.94. The molecule has 1 saturated heterocycles. The zero-order chi connectivity index (χ0) is 19.1. The summed E-state index contributed by atoms with van der Waals surface area (Å²) in [5.41, 5.74) is 0.431. The summed E-state index contributed by atoms with van der Waals surface area (Å²) in [6, 6.07) is 5.29. The standard InChI is InChI=1S/C19H28N2O5/c1-13(2)12-26-19(23)20-14-8-10-21(11-9-14)18(22)17-15(24-3)6-5-7-16(17)25-4/h5-7,13-14H,8-12H2,1-4H3,(H,20,23). The first kappa shape index (κ1) is 19.9. The molecule has 144 valence electrons. The Morgan fingerprint density at radius 1 is 1.15 bits per heavy atom.